The Morgan fingerprint density at radius 3 is 2.50 bits per heavy atom. The minimum atomic E-state index is -3.54. The molecule has 1 fully saturated rings. The topological polar surface area (TPSA) is 99.3 Å². The number of halogens is 1. The fraction of sp³-hybridized carbons (Fsp3) is 0.294. The van der Waals surface area contributed by atoms with E-state index in [0.29, 0.717) is 17.3 Å². The van der Waals surface area contributed by atoms with Crippen molar-refractivity contribution >= 4 is 37.5 Å². The van der Waals surface area contributed by atoms with Crippen LogP contribution in [0.2, 0.25) is 0 Å². The van der Waals surface area contributed by atoms with Gasteiger partial charge in [0.1, 0.15) is 5.69 Å². The molecule has 138 valence electrons. The van der Waals surface area contributed by atoms with Crippen molar-refractivity contribution < 1.29 is 13.2 Å². The number of benzene rings is 1. The molecule has 0 unspecified atom stereocenters. The number of anilines is 1. The lowest BCUT2D eigenvalue weighted by molar-refractivity contribution is -0.120. The molecule has 2 aromatic rings. The summed E-state index contributed by atoms with van der Waals surface area (Å²) in [6.45, 7) is 0.536. The predicted octanol–water partition coefficient (Wildman–Crippen LogP) is 2.18. The number of pyridine rings is 1. The molecule has 2 N–H and O–H groups in total. The van der Waals surface area contributed by atoms with Crippen molar-refractivity contribution in [3.05, 3.63) is 57.4 Å². The highest BCUT2D eigenvalue weighted by Gasteiger charge is 2.32. The Balaban J connectivity index is 1.64. The Kier molecular flexibility index (Phi) is 5.59. The molecule has 0 radical (unpaired) electrons. The molecule has 1 aromatic heterocycles. The van der Waals surface area contributed by atoms with Crippen LogP contribution in [-0.2, 0) is 14.8 Å². The van der Waals surface area contributed by atoms with Gasteiger partial charge in [0.25, 0.3) is 5.56 Å². The van der Waals surface area contributed by atoms with Crippen molar-refractivity contribution in [1.82, 2.24) is 9.29 Å². The fourth-order valence-corrected chi connectivity index (χ4v) is 4.72. The third kappa shape index (κ3) is 4.05. The van der Waals surface area contributed by atoms with E-state index < -0.39 is 10.0 Å². The number of H-pyrrole nitrogens is 1. The van der Waals surface area contributed by atoms with E-state index in [9.17, 15) is 18.0 Å². The molecule has 1 aromatic carbocycles. The summed E-state index contributed by atoms with van der Waals surface area (Å²) < 4.78 is 27.3. The third-order valence-corrected chi connectivity index (χ3v) is 6.70. The number of sulfonamides is 1. The summed E-state index contributed by atoms with van der Waals surface area (Å²) in [4.78, 5) is 26.9. The van der Waals surface area contributed by atoms with E-state index in [1.54, 1.807) is 30.3 Å². The zero-order valence-electron chi connectivity index (χ0n) is 13.8. The average molecular weight is 440 g/mol. The van der Waals surface area contributed by atoms with Crippen LogP contribution in [0.15, 0.2) is 56.8 Å². The molecular formula is C17H18BrN3O4S. The highest BCUT2D eigenvalue weighted by atomic mass is 79.9. The van der Waals surface area contributed by atoms with Gasteiger partial charge in [-0.1, -0.05) is 18.2 Å². The van der Waals surface area contributed by atoms with Crippen LogP contribution in [-0.4, -0.2) is 36.7 Å². The van der Waals surface area contributed by atoms with Crippen molar-refractivity contribution in [3.63, 3.8) is 0 Å². The van der Waals surface area contributed by atoms with Gasteiger partial charge in [0, 0.05) is 29.7 Å². The van der Waals surface area contributed by atoms with Crippen molar-refractivity contribution in [2.75, 3.05) is 18.4 Å². The van der Waals surface area contributed by atoms with Crippen LogP contribution in [0.25, 0.3) is 0 Å². The van der Waals surface area contributed by atoms with E-state index in [2.05, 4.69) is 26.2 Å². The lowest BCUT2D eigenvalue weighted by Crippen LogP contribution is -2.41. The normalized spacial score (nSPS) is 16.3. The lowest BCUT2D eigenvalue weighted by Gasteiger charge is -2.30. The standard InChI is InChI=1S/C17H18BrN3O4S/c18-13-10-15(17(23)19-11-13)20-16(22)12-6-8-21(9-7-12)26(24,25)14-4-2-1-3-5-14/h1-5,10-12H,6-9H2,(H,19,23)(H,20,22). The molecule has 1 aliphatic heterocycles. The van der Waals surface area contributed by atoms with Gasteiger partial charge < -0.3 is 10.3 Å². The van der Waals surface area contributed by atoms with Gasteiger partial charge in [-0.25, -0.2) is 8.42 Å². The zero-order chi connectivity index (χ0) is 18.7. The summed E-state index contributed by atoms with van der Waals surface area (Å²) in [5, 5.41) is 2.63. The van der Waals surface area contributed by atoms with Crippen LogP contribution in [0.4, 0.5) is 5.69 Å². The summed E-state index contributed by atoms with van der Waals surface area (Å²) >= 11 is 3.24. The molecule has 0 spiro atoms. The van der Waals surface area contributed by atoms with Gasteiger partial charge in [-0.2, -0.15) is 4.31 Å². The number of nitrogens with one attached hydrogen (secondary N) is 2. The van der Waals surface area contributed by atoms with Gasteiger partial charge in [0.05, 0.1) is 4.90 Å². The van der Waals surface area contributed by atoms with E-state index in [-0.39, 0.29) is 41.1 Å². The number of piperidine rings is 1. The summed E-state index contributed by atoms with van der Waals surface area (Å²) in [6.07, 6.45) is 2.30. The van der Waals surface area contributed by atoms with Crippen LogP contribution in [0.5, 0.6) is 0 Å². The number of rotatable bonds is 4. The van der Waals surface area contributed by atoms with Crippen molar-refractivity contribution in [2.24, 2.45) is 5.92 Å². The minimum Gasteiger partial charge on any atom is -0.326 e. The summed E-state index contributed by atoms with van der Waals surface area (Å²) in [7, 11) is -3.54. The molecule has 2 heterocycles. The Morgan fingerprint density at radius 2 is 1.85 bits per heavy atom. The molecule has 0 bridgehead atoms. The van der Waals surface area contributed by atoms with Crippen molar-refractivity contribution in [3.8, 4) is 0 Å². The first-order valence-corrected chi connectivity index (χ1v) is 10.4. The number of nitrogens with zero attached hydrogens (tertiary/aromatic N) is 1. The van der Waals surface area contributed by atoms with Gasteiger partial charge in [0.2, 0.25) is 15.9 Å². The molecule has 0 aliphatic carbocycles. The first-order valence-electron chi connectivity index (χ1n) is 8.12. The van der Waals surface area contributed by atoms with Gasteiger partial charge in [-0.3, -0.25) is 9.59 Å². The van der Waals surface area contributed by atoms with Gasteiger partial charge in [-0.05, 0) is 47.0 Å². The maximum Gasteiger partial charge on any atom is 0.271 e. The molecule has 1 amide bonds. The van der Waals surface area contributed by atoms with Crippen LogP contribution < -0.4 is 10.9 Å². The van der Waals surface area contributed by atoms with Crippen LogP contribution >= 0.6 is 15.9 Å². The monoisotopic (exact) mass is 439 g/mol. The summed E-state index contributed by atoms with van der Waals surface area (Å²) in [6, 6.07) is 9.79. The Hall–Kier alpha value is -1.97. The molecule has 1 saturated heterocycles. The number of aromatic amines is 1. The molecular weight excluding hydrogens is 422 g/mol. The zero-order valence-corrected chi connectivity index (χ0v) is 16.2. The largest absolute Gasteiger partial charge is 0.326 e. The molecule has 0 atom stereocenters. The van der Waals surface area contributed by atoms with Gasteiger partial charge in [-0.15, -0.1) is 0 Å². The minimum absolute atomic E-state index is 0.170. The first-order chi connectivity index (χ1) is 12.4. The third-order valence-electron chi connectivity index (χ3n) is 4.33. The molecule has 9 heteroatoms. The van der Waals surface area contributed by atoms with Crippen molar-refractivity contribution in [2.45, 2.75) is 17.7 Å². The first kappa shape index (κ1) is 18.8. The SMILES string of the molecule is O=C(Nc1cc(Br)c[nH]c1=O)C1CCN(S(=O)(=O)c2ccccc2)CC1. The average Bonchev–Trinajstić information content (AvgIpc) is 2.65. The fourth-order valence-electron chi connectivity index (χ4n) is 2.88. The molecule has 0 saturated carbocycles. The molecule has 3 rings (SSSR count). The quantitative estimate of drug-likeness (QED) is 0.762. The van der Waals surface area contributed by atoms with Gasteiger partial charge in [0.15, 0.2) is 0 Å². The molecule has 7 nitrogen and oxygen atoms in total. The molecule has 1 aliphatic rings. The maximum absolute atomic E-state index is 12.6. The number of amides is 1. The summed E-state index contributed by atoms with van der Waals surface area (Å²) in [5.74, 6) is -0.610. The van der Waals surface area contributed by atoms with Crippen LogP contribution in [0, 0.1) is 5.92 Å². The lowest BCUT2D eigenvalue weighted by atomic mass is 9.97. The number of carbonyl (C=O) groups excluding carboxylic acids is 1. The van der Waals surface area contributed by atoms with E-state index >= 15 is 0 Å². The highest BCUT2D eigenvalue weighted by molar-refractivity contribution is 9.10. The number of hydrogen-bond acceptors (Lipinski definition) is 4. The Morgan fingerprint density at radius 1 is 1.19 bits per heavy atom. The maximum atomic E-state index is 12.6. The van der Waals surface area contributed by atoms with E-state index in [1.165, 1.54) is 16.6 Å². The molecule has 26 heavy (non-hydrogen) atoms. The number of carbonyl (C=O) groups is 1. The van der Waals surface area contributed by atoms with Gasteiger partial charge >= 0.3 is 0 Å². The van der Waals surface area contributed by atoms with E-state index in [0.717, 1.165) is 0 Å². The van der Waals surface area contributed by atoms with Crippen LogP contribution in [0.3, 0.4) is 0 Å². The second-order valence-corrected chi connectivity index (χ2v) is 8.89. The van der Waals surface area contributed by atoms with Crippen molar-refractivity contribution in [1.29, 1.82) is 0 Å². The van der Waals surface area contributed by atoms with E-state index in [1.807, 2.05) is 0 Å². The number of hydrogen-bond donors (Lipinski definition) is 2. The smallest absolute Gasteiger partial charge is 0.271 e. The highest BCUT2D eigenvalue weighted by Crippen LogP contribution is 2.24. The second-order valence-electron chi connectivity index (χ2n) is 6.04. The Bertz CT molecular complexity index is 951. The van der Waals surface area contributed by atoms with E-state index in [4.69, 9.17) is 0 Å². The van der Waals surface area contributed by atoms with Crippen LogP contribution in [0.1, 0.15) is 12.8 Å². The Labute approximate surface area is 159 Å². The predicted molar refractivity (Wildman–Crippen MR) is 101 cm³/mol. The summed E-state index contributed by atoms with van der Waals surface area (Å²) in [5.41, 5.74) is -0.214. The second kappa shape index (κ2) is 7.73. The number of aromatic nitrogens is 1.